The number of piperidine rings is 1. The summed E-state index contributed by atoms with van der Waals surface area (Å²) < 4.78 is 0. The summed E-state index contributed by atoms with van der Waals surface area (Å²) in [6, 6.07) is 7.76. The molecule has 1 aliphatic carbocycles. The zero-order chi connectivity index (χ0) is 15.7. The molecule has 1 unspecified atom stereocenters. The van der Waals surface area contributed by atoms with Gasteiger partial charge in [-0.05, 0) is 56.2 Å². The van der Waals surface area contributed by atoms with E-state index in [2.05, 4.69) is 0 Å². The average molecular weight is 322 g/mol. The van der Waals surface area contributed by atoms with E-state index in [1.807, 2.05) is 36.1 Å². The summed E-state index contributed by atoms with van der Waals surface area (Å²) in [7, 11) is 0. The van der Waals surface area contributed by atoms with Crippen molar-refractivity contribution in [1.29, 1.82) is 0 Å². The molecule has 1 N–H and O–H groups in total. The van der Waals surface area contributed by atoms with Gasteiger partial charge in [0.1, 0.15) is 0 Å². The lowest BCUT2D eigenvalue weighted by Crippen LogP contribution is -2.53. The van der Waals surface area contributed by atoms with Crippen LogP contribution in [0.3, 0.4) is 0 Å². The fourth-order valence-electron chi connectivity index (χ4n) is 3.81. The third-order valence-corrected chi connectivity index (χ3v) is 5.77. The van der Waals surface area contributed by atoms with Gasteiger partial charge >= 0.3 is 0 Å². The first-order chi connectivity index (χ1) is 10.5. The Bertz CT molecular complexity index is 529. The van der Waals surface area contributed by atoms with Crippen LogP contribution in [0.2, 0.25) is 5.02 Å². The zero-order valence-electron chi connectivity index (χ0n) is 13.1. The molecule has 1 aromatic carbocycles. The van der Waals surface area contributed by atoms with Crippen molar-refractivity contribution in [3.63, 3.8) is 0 Å². The molecule has 3 nitrogen and oxygen atoms in total. The second-order valence-corrected chi connectivity index (χ2v) is 7.25. The molecule has 1 heterocycles. The Hall–Kier alpha value is -1.06. The summed E-state index contributed by atoms with van der Waals surface area (Å²) in [6.45, 7) is 3.39. The number of halogens is 1. The fourth-order valence-corrected chi connectivity index (χ4v) is 3.94. The lowest BCUT2D eigenvalue weighted by molar-refractivity contribution is -0.143. The highest BCUT2D eigenvalue weighted by atomic mass is 35.5. The van der Waals surface area contributed by atoms with Gasteiger partial charge in [-0.25, -0.2) is 0 Å². The second-order valence-electron chi connectivity index (χ2n) is 6.81. The Kier molecular flexibility index (Phi) is 4.47. The van der Waals surface area contributed by atoms with Crippen molar-refractivity contribution in [3.05, 3.63) is 34.9 Å². The molecule has 1 atom stereocenters. The van der Waals surface area contributed by atoms with Crippen molar-refractivity contribution < 1.29 is 9.90 Å². The molecule has 120 valence electrons. The number of amides is 1. The van der Waals surface area contributed by atoms with Crippen molar-refractivity contribution in [2.24, 2.45) is 5.92 Å². The minimum atomic E-state index is -0.331. The van der Waals surface area contributed by atoms with Gasteiger partial charge in [-0.3, -0.25) is 4.79 Å². The number of aliphatic hydroxyl groups is 1. The number of carbonyl (C=O) groups is 1. The van der Waals surface area contributed by atoms with E-state index < -0.39 is 0 Å². The predicted octanol–water partition coefficient (Wildman–Crippen LogP) is 3.38. The van der Waals surface area contributed by atoms with Crippen molar-refractivity contribution in [1.82, 2.24) is 4.90 Å². The Morgan fingerprint density at radius 2 is 1.86 bits per heavy atom. The number of aliphatic hydroxyl groups excluding tert-OH is 1. The quantitative estimate of drug-likeness (QED) is 0.927. The number of carbonyl (C=O) groups excluding carboxylic acids is 1. The van der Waals surface area contributed by atoms with Gasteiger partial charge in [0.2, 0.25) is 5.91 Å². The van der Waals surface area contributed by atoms with Crippen molar-refractivity contribution >= 4 is 17.5 Å². The Labute approximate surface area is 137 Å². The number of benzene rings is 1. The van der Waals surface area contributed by atoms with E-state index in [4.69, 9.17) is 11.6 Å². The van der Waals surface area contributed by atoms with Crippen LogP contribution in [0.5, 0.6) is 0 Å². The first-order valence-electron chi connectivity index (χ1n) is 8.26. The topological polar surface area (TPSA) is 40.5 Å². The molecular formula is C18H24ClNO2. The largest absolute Gasteiger partial charge is 0.393 e. The minimum Gasteiger partial charge on any atom is -0.393 e. The van der Waals surface area contributed by atoms with Crippen LogP contribution < -0.4 is 0 Å². The summed E-state index contributed by atoms with van der Waals surface area (Å²) in [5, 5.41) is 10.4. The average Bonchev–Trinajstić information content (AvgIpc) is 2.48. The van der Waals surface area contributed by atoms with Crippen molar-refractivity contribution in [2.45, 2.75) is 50.5 Å². The number of hydrogen-bond acceptors (Lipinski definition) is 2. The van der Waals surface area contributed by atoms with Crippen LogP contribution in [0.25, 0.3) is 0 Å². The van der Waals surface area contributed by atoms with E-state index in [-0.39, 0.29) is 17.4 Å². The second kappa shape index (κ2) is 6.21. The molecule has 1 aromatic rings. The van der Waals surface area contributed by atoms with Gasteiger partial charge in [-0.2, -0.15) is 0 Å². The van der Waals surface area contributed by atoms with Crippen LogP contribution in [-0.4, -0.2) is 35.1 Å². The Morgan fingerprint density at radius 3 is 2.32 bits per heavy atom. The van der Waals surface area contributed by atoms with Gasteiger partial charge in [0.05, 0.1) is 11.5 Å². The molecule has 3 rings (SSSR count). The van der Waals surface area contributed by atoms with Crippen LogP contribution in [0.1, 0.15) is 44.6 Å². The molecule has 1 saturated carbocycles. The van der Waals surface area contributed by atoms with E-state index >= 15 is 0 Å². The lowest BCUT2D eigenvalue weighted by atomic mass is 9.63. The summed E-state index contributed by atoms with van der Waals surface area (Å²) >= 11 is 5.98. The van der Waals surface area contributed by atoms with Crippen LogP contribution in [0.15, 0.2) is 24.3 Å². The van der Waals surface area contributed by atoms with E-state index in [1.165, 1.54) is 0 Å². The van der Waals surface area contributed by atoms with E-state index in [9.17, 15) is 9.90 Å². The summed E-state index contributed by atoms with van der Waals surface area (Å²) in [4.78, 5) is 15.1. The highest BCUT2D eigenvalue weighted by molar-refractivity contribution is 6.30. The minimum absolute atomic E-state index is 0.269. The maximum Gasteiger partial charge on any atom is 0.233 e. The molecular weight excluding hydrogens is 298 g/mol. The molecule has 2 aliphatic rings. The van der Waals surface area contributed by atoms with Crippen LogP contribution in [0, 0.1) is 5.92 Å². The van der Waals surface area contributed by atoms with Gasteiger partial charge in [0.25, 0.3) is 0 Å². The maximum absolute atomic E-state index is 13.1. The molecule has 1 amide bonds. The standard InChI is InChI=1S/C18H24ClNO2/c1-13(21)14-7-11-20(12-8-14)17(22)18(9-2-10-18)15-3-5-16(19)6-4-15/h3-6,13-14,21H,2,7-12H2,1H3. The molecule has 22 heavy (non-hydrogen) atoms. The summed E-state index contributed by atoms with van der Waals surface area (Å²) in [5.74, 6) is 0.599. The number of nitrogens with zero attached hydrogens (tertiary/aromatic N) is 1. The predicted molar refractivity (Wildman–Crippen MR) is 88.0 cm³/mol. The fraction of sp³-hybridized carbons (Fsp3) is 0.611. The van der Waals surface area contributed by atoms with Crippen molar-refractivity contribution in [2.75, 3.05) is 13.1 Å². The third-order valence-electron chi connectivity index (χ3n) is 5.52. The molecule has 0 aromatic heterocycles. The van der Waals surface area contributed by atoms with Gasteiger partial charge in [-0.1, -0.05) is 30.2 Å². The molecule has 0 bridgehead atoms. The Morgan fingerprint density at radius 1 is 1.27 bits per heavy atom. The summed E-state index contributed by atoms with van der Waals surface area (Å²) in [6.07, 6.45) is 4.51. The number of hydrogen-bond donors (Lipinski definition) is 1. The third kappa shape index (κ3) is 2.77. The first kappa shape index (κ1) is 15.8. The molecule has 1 aliphatic heterocycles. The van der Waals surface area contributed by atoms with Gasteiger partial charge < -0.3 is 10.0 Å². The highest BCUT2D eigenvalue weighted by Crippen LogP contribution is 2.46. The first-order valence-corrected chi connectivity index (χ1v) is 8.64. The maximum atomic E-state index is 13.1. The molecule has 2 fully saturated rings. The smallest absolute Gasteiger partial charge is 0.233 e. The van der Waals surface area contributed by atoms with Crippen LogP contribution in [0.4, 0.5) is 0 Å². The number of likely N-dealkylation sites (tertiary alicyclic amines) is 1. The molecule has 4 heteroatoms. The molecule has 0 radical (unpaired) electrons. The van der Waals surface area contributed by atoms with Gasteiger partial charge in [0, 0.05) is 18.1 Å². The van der Waals surface area contributed by atoms with Gasteiger partial charge in [-0.15, -0.1) is 0 Å². The Balaban J connectivity index is 1.74. The van der Waals surface area contributed by atoms with E-state index in [1.54, 1.807) is 0 Å². The van der Waals surface area contributed by atoms with E-state index in [0.29, 0.717) is 10.9 Å². The normalized spacial score (nSPS) is 23.0. The van der Waals surface area contributed by atoms with Crippen LogP contribution >= 0.6 is 11.6 Å². The van der Waals surface area contributed by atoms with E-state index in [0.717, 1.165) is 50.8 Å². The van der Waals surface area contributed by atoms with Gasteiger partial charge in [0.15, 0.2) is 0 Å². The monoisotopic (exact) mass is 321 g/mol. The van der Waals surface area contributed by atoms with Crippen LogP contribution in [-0.2, 0) is 10.2 Å². The summed E-state index contributed by atoms with van der Waals surface area (Å²) in [5.41, 5.74) is 0.771. The molecule has 0 spiro atoms. The lowest BCUT2D eigenvalue weighted by Gasteiger charge is -2.46. The highest BCUT2D eigenvalue weighted by Gasteiger charge is 2.48. The van der Waals surface area contributed by atoms with Crippen molar-refractivity contribution in [3.8, 4) is 0 Å². The SMILES string of the molecule is CC(O)C1CCN(C(=O)C2(c3ccc(Cl)cc3)CCC2)CC1. The number of rotatable bonds is 3. The zero-order valence-corrected chi connectivity index (χ0v) is 13.9. The molecule has 1 saturated heterocycles.